The molecule has 94 valence electrons. The summed E-state index contributed by atoms with van der Waals surface area (Å²) in [5.74, 6) is 0.620. The minimum atomic E-state index is -0.196. The standard InChI is InChI=1S/C13H19NO3/c1-4-10(9-13(15)17-3)14-11-5-7-12(16-2)8-6-11/h5-8,10,14H,4,9H2,1-3H3/t10-/m0/s1. The molecule has 0 aliphatic heterocycles. The van der Waals surface area contributed by atoms with Crippen LogP contribution < -0.4 is 10.1 Å². The monoisotopic (exact) mass is 237 g/mol. The maximum atomic E-state index is 11.2. The number of esters is 1. The average Bonchev–Trinajstić information content (AvgIpc) is 2.38. The van der Waals surface area contributed by atoms with Crippen LogP contribution in [0.1, 0.15) is 19.8 Å². The Bertz CT molecular complexity index is 348. The third-order valence-corrected chi connectivity index (χ3v) is 2.59. The molecule has 1 aromatic rings. The van der Waals surface area contributed by atoms with Gasteiger partial charge in [0.15, 0.2) is 0 Å². The van der Waals surface area contributed by atoms with Crippen molar-refractivity contribution in [3.63, 3.8) is 0 Å². The van der Waals surface area contributed by atoms with Crippen LogP contribution in [-0.2, 0) is 9.53 Å². The summed E-state index contributed by atoms with van der Waals surface area (Å²) in [4.78, 5) is 11.2. The minimum Gasteiger partial charge on any atom is -0.497 e. The predicted octanol–water partition coefficient (Wildman–Crippen LogP) is 2.45. The molecule has 0 aromatic heterocycles. The Labute approximate surface area is 102 Å². The van der Waals surface area contributed by atoms with Crippen LogP contribution in [0.2, 0.25) is 0 Å². The first-order valence-corrected chi connectivity index (χ1v) is 5.67. The molecule has 17 heavy (non-hydrogen) atoms. The van der Waals surface area contributed by atoms with Crippen molar-refractivity contribution in [2.75, 3.05) is 19.5 Å². The van der Waals surface area contributed by atoms with Crippen LogP contribution in [-0.4, -0.2) is 26.2 Å². The van der Waals surface area contributed by atoms with Gasteiger partial charge >= 0.3 is 5.97 Å². The highest BCUT2D eigenvalue weighted by Crippen LogP contribution is 2.17. The summed E-state index contributed by atoms with van der Waals surface area (Å²) in [5, 5.41) is 3.29. The largest absolute Gasteiger partial charge is 0.497 e. The second-order valence-electron chi connectivity index (χ2n) is 3.76. The number of rotatable bonds is 6. The van der Waals surface area contributed by atoms with Crippen LogP contribution >= 0.6 is 0 Å². The SMILES string of the molecule is CC[C@@H](CC(=O)OC)Nc1ccc(OC)cc1. The Hall–Kier alpha value is -1.71. The number of hydrogen-bond donors (Lipinski definition) is 1. The van der Waals surface area contributed by atoms with Gasteiger partial charge in [0.2, 0.25) is 0 Å². The van der Waals surface area contributed by atoms with Gasteiger partial charge in [-0.1, -0.05) is 6.92 Å². The molecular formula is C13H19NO3. The number of hydrogen-bond acceptors (Lipinski definition) is 4. The average molecular weight is 237 g/mol. The normalized spacial score (nSPS) is 11.7. The Morgan fingerprint density at radius 3 is 2.41 bits per heavy atom. The Kier molecular flexibility index (Phi) is 5.33. The van der Waals surface area contributed by atoms with Crippen molar-refractivity contribution < 1.29 is 14.3 Å². The molecule has 0 aliphatic rings. The first kappa shape index (κ1) is 13.4. The molecule has 0 fully saturated rings. The van der Waals surface area contributed by atoms with E-state index in [9.17, 15) is 4.79 Å². The second-order valence-corrected chi connectivity index (χ2v) is 3.76. The minimum absolute atomic E-state index is 0.0934. The molecule has 4 nitrogen and oxygen atoms in total. The van der Waals surface area contributed by atoms with Crippen molar-refractivity contribution in [1.82, 2.24) is 0 Å². The maximum absolute atomic E-state index is 11.2. The van der Waals surface area contributed by atoms with Gasteiger partial charge in [0.1, 0.15) is 5.75 Å². The summed E-state index contributed by atoms with van der Waals surface area (Å²) >= 11 is 0. The lowest BCUT2D eigenvalue weighted by Crippen LogP contribution is -2.22. The van der Waals surface area contributed by atoms with Gasteiger partial charge in [-0.2, -0.15) is 0 Å². The van der Waals surface area contributed by atoms with E-state index in [1.807, 2.05) is 31.2 Å². The molecule has 1 N–H and O–H groups in total. The molecule has 1 rings (SSSR count). The Balaban J connectivity index is 2.57. The smallest absolute Gasteiger partial charge is 0.307 e. The molecule has 0 radical (unpaired) electrons. The fourth-order valence-electron chi connectivity index (χ4n) is 1.50. The lowest BCUT2D eigenvalue weighted by atomic mass is 10.1. The van der Waals surface area contributed by atoms with Gasteiger partial charge in [-0.25, -0.2) is 0 Å². The quantitative estimate of drug-likeness (QED) is 0.772. The van der Waals surface area contributed by atoms with Crippen molar-refractivity contribution in [3.8, 4) is 5.75 Å². The van der Waals surface area contributed by atoms with E-state index in [4.69, 9.17) is 4.74 Å². The fraction of sp³-hybridized carbons (Fsp3) is 0.462. The van der Waals surface area contributed by atoms with Gasteiger partial charge in [-0.15, -0.1) is 0 Å². The molecule has 1 atom stereocenters. The van der Waals surface area contributed by atoms with Crippen LogP contribution in [0.25, 0.3) is 0 Å². The first-order valence-electron chi connectivity index (χ1n) is 5.67. The van der Waals surface area contributed by atoms with Gasteiger partial charge in [-0.3, -0.25) is 4.79 Å². The lowest BCUT2D eigenvalue weighted by molar-refractivity contribution is -0.140. The Morgan fingerprint density at radius 1 is 1.29 bits per heavy atom. The zero-order valence-electron chi connectivity index (χ0n) is 10.5. The molecule has 1 aromatic carbocycles. The molecule has 0 bridgehead atoms. The van der Waals surface area contributed by atoms with Crippen molar-refractivity contribution in [2.45, 2.75) is 25.8 Å². The third-order valence-electron chi connectivity index (χ3n) is 2.59. The van der Waals surface area contributed by atoms with Crippen LogP contribution in [0.5, 0.6) is 5.75 Å². The predicted molar refractivity (Wildman–Crippen MR) is 67.3 cm³/mol. The second kappa shape index (κ2) is 6.78. The van der Waals surface area contributed by atoms with E-state index in [1.165, 1.54) is 7.11 Å². The molecule has 0 saturated heterocycles. The van der Waals surface area contributed by atoms with Gasteiger partial charge in [0.05, 0.1) is 20.6 Å². The van der Waals surface area contributed by atoms with Crippen LogP contribution in [0.15, 0.2) is 24.3 Å². The molecule has 0 saturated carbocycles. The van der Waals surface area contributed by atoms with E-state index in [0.29, 0.717) is 6.42 Å². The summed E-state index contributed by atoms with van der Waals surface area (Å²) in [6.45, 7) is 2.03. The number of carbonyl (C=O) groups excluding carboxylic acids is 1. The molecule has 0 unspecified atom stereocenters. The molecule has 0 heterocycles. The van der Waals surface area contributed by atoms with Crippen LogP contribution in [0, 0.1) is 0 Å². The number of nitrogens with one attached hydrogen (secondary N) is 1. The van der Waals surface area contributed by atoms with Gasteiger partial charge in [0.25, 0.3) is 0 Å². The van der Waals surface area contributed by atoms with E-state index < -0.39 is 0 Å². The van der Waals surface area contributed by atoms with Gasteiger partial charge in [0, 0.05) is 11.7 Å². The number of carbonyl (C=O) groups is 1. The van der Waals surface area contributed by atoms with E-state index in [2.05, 4.69) is 10.1 Å². The van der Waals surface area contributed by atoms with Crippen molar-refractivity contribution in [2.24, 2.45) is 0 Å². The summed E-state index contributed by atoms with van der Waals surface area (Å²) in [5.41, 5.74) is 0.974. The van der Waals surface area contributed by atoms with Crippen LogP contribution in [0.3, 0.4) is 0 Å². The molecule has 4 heteroatoms. The number of ether oxygens (including phenoxy) is 2. The summed E-state index contributed by atoms with van der Waals surface area (Å²) < 4.78 is 9.74. The third kappa shape index (κ3) is 4.34. The van der Waals surface area contributed by atoms with E-state index in [-0.39, 0.29) is 12.0 Å². The molecule has 0 aliphatic carbocycles. The van der Waals surface area contributed by atoms with Crippen molar-refractivity contribution in [3.05, 3.63) is 24.3 Å². The van der Waals surface area contributed by atoms with Crippen molar-refractivity contribution >= 4 is 11.7 Å². The number of anilines is 1. The molecule has 0 spiro atoms. The van der Waals surface area contributed by atoms with Crippen molar-refractivity contribution in [1.29, 1.82) is 0 Å². The van der Waals surface area contributed by atoms with Gasteiger partial charge in [-0.05, 0) is 30.7 Å². The Morgan fingerprint density at radius 2 is 1.94 bits per heavy atom. The van der Waals surface area contributed by atoms with E-state index in [1.54, 1.807) is 7.11 Å². The number of methoxy groups -OCH3 is 2. The first-order chi connectivity index (χ1) is 8.19. The topological polar surface area (TPSA) is 47.6 Å². The maximum Gasteiger partial charge on any atom is 0.307 e. The molecular weight excluding hydrogens is 218 g/mol. The van der Waals surface area contributed by atoms with E-state index in [0.717, 1.165) is 17.9 Å². The summed E-state index contributed by atoms with van der Waals surface area (Å²) in [6.07, 6.45) is 1.24. The highest BCUT2D eigenvalue weighted by atomic mass is 16.5. The van der Waals surface area contributed by atoms with Crippen LogP contribution in [0.4, 0.5) is 5.69 Å². The summed E-state index contributed by atoms with van der Waals surface area (Å²) in [7, 11) is 3.04. The fourth-order valence-corrected chi connectivity index (χ4v) is 1.50. The summed E-state index contributed by atoms with van der Waals surface area (Å²) in [6, 6.07) is 7.72. The zero-order valence-corrected chi connectivity index (χ0v) is 10.5. The highest BCUT2D eigenvalue weighted by Gasteiger charge is 2.11. The zero-order chi connectivity index (χ0) is 12.7. The number of benzene rings is 1. The lowest BCUT2D eigenvalue weighted by Gasteiger charge is -2.17. The highest BCUT2D eigenvalue weighted by molar-refractivity contribution is 5.70. The molecule has 0 amide bonds. The van der Waals surface area contributed by atoms with E-state index >= 15 is 0 Å². The van der Waals surface area contributed by atoms with Gasteiger partial charge < -0.3 is 14.8 Å².